The minimum Gasteiger partial charge on any atom is -0.309 e. The van der Waals surface area contributed by atoms with Gasteiger partial charge >= 0.3 is 0 Å². The van der Waals surface area contributed by atoms with Gasteiger partial charge in [-0.15, -0.1) is 0 Å². The molecule has 0 aromatic heterocycles. The number of para-hydroxylation sites is 2. The van der Waals surface area contributed by atoms with Gasteiger partial charge in [0.25, 0.3) is 0 Å². The second-order valence-electron chi connectivity index (χ2n) is 19.8. The molecule has 0 N–H and O–H groups in total. The zero-order chi connectivity index (χ0) is 48.2. The van der Waals surface area contributed by atoms with Gasteiger partial charge in [0.1, 0.15) is 0 Å². The van der Waals surface area contributed by atoms with Gasteiger partial charge in [0, 0.05) is 27.5 Å². The fourth-order valence-electron chi connectivity index (χ4n) is 12.4. The van der Waals surface area contributed by atoms with Crippen LogP contribution in [-0.4, -0.2) is 0 Å². The monoisotopic (exact) mass is 919 g/mol. The van der Waals surface area contributed by atoms with Crippen LogP contribution in [0.1, 0.15) is 53.6 Å². The first-order valence-electron chi connectivity index (χ1n) is 25.3. The highest BCUT2D eigenvalue weighted by Gasteiger charge is 2.42. The van der Waals surface area contributed by atoms with Crippen molar-refractivity contribution in [2.75, 3.05) is 4.90 Å². The molecule has 2 unspecified atom stereocenters. The fourth-order valence-corrected chi connectivity index (χ4v) is 12.4. The highest BCUT2D eigenvalue weighted by molar-refractivity contribution is 6.04. The minimum absolute atomic E-state index is 0.259. The van der Waals surface area contributed by atoms with E-state index in [2.05, 4.69) is 292 Å². The predicted molar refractivity (Wildman–Crippen MR) is 304 cm³/mol. The molecule has 2 aliphatic rings. The summed E-state index contributed by atoms with van der Waals surface area (Å²) in [7, 11) is 0. The summed E-state index contributed by atoms with van der Waals surface area (Å²) in [5.41, 5.74) is 22.6. The van der Waals surface area contributed by atoms with E-state index < -0.39 is 0 Å². The minimum atomic E-state index is -0.343. The number of fused-ring (bicyclic) bond motifs is 5. The second-order valence-corrected chi connectivity index (χ2v) is 19.8. The maximum Gasteiger partial charge on any atom is 0.0546 e. The summed E-state index contributed by atoms with van der Waals surface area (Å²) in [4.78, 5) is 2.59. The Morgan fingerprint density at radius 3 is 1.67 bits per heavy atom. The number of allylic oxidation sites excluding steroid dienone is 1. The summed E-state index contributed by atoms with van der Waals surface area (Å²) in [6.07, 6.45) is 5.60. The molecule has 72 heavy (non-hydrogen) atoms. The van der Waals surface area contributed by atoms with E-state index in [1.54, 1.807) is 0 Å². The van der Waals surface area contributed by atoms with Crippen molar-refractivity contribution in [2.24, 2.45) is 0 Å². The first-order valence-corrected chi connectivity index (χ1v) is 25.3. The lowest BCUT2D eigenvalue weighted by Crippen LogP contribution is -2.27. The van der Waals surface area contributed by atoms with E-state index in [0.29, 0.717) is 0 Å². The van der Waals surface area contributed by atoms with Gasteiger partial charge in [-0.1, -0.05) is 262 Å². The fraction of sp³-hybridized carbons (Fsp3) is 0.0704. The lowest BCUT2D eigenvalue weighted by Gasteiger charge is -2.37. The quantitative estimate of drug-likeness (QED) is 0.139. The Hall–Kier alpha value is -8.78. The van der Waals surface area contributed by atoms with E-state index in [0.717, 1.165) is 45.7 Å². The van der Waals surface area contributed by atoms with Crippen molar-refractivity contribution < 1.29 is 0 Å². The van der Waals surface area contributed by atoms with Crippen LogP contribution in [0.15, 0.2) is 267 Å². The zero-order valence-corrected chi connectivity index (χ0v) is 40.6. The van der Waals surface area contributed by atoms with Gasteiger partial charge in [-0.05, 0) is 115 Å². The first kappa shape index (κ1) is 43.3. The molecule has 0 spiro atoms. The summed E-state index contributed by atoms with van der Waals surface area (Å²) in [6.45, 7) is 4.84. The molecule has 1 nitrogen and oxygen atoms in total. The van der Waals surface area contributed by atoms with Crippen LogP contribution in [0.4, 0.5) is 17.1 Å². The van der Waals surface area contributed by atoms with Gasteiger partial charge in [-0.25, -0.2) is 0 Å². The highest BCUT2D eigenvalue weighted by atomic mass is 15.2. The molecular weight excluding hydrogens is 867 g/mol. The highest BCUT2D eigenvalue weighted by Crippen LogP contribution is 2.58. The van der Waals surface area contributed by atoms with Gasteiger partial charge in [0.05, 0.1) is 17.1 Å². The normalized spacial score (nSPS) is 16.5. The average Bonchev–Trinajstić information content (AvgIpc) is 3.72. The van der Waals surface area contributed by atoms with E-state index >= 15 is 0 Å². The van der Waals surface area contributed by atoms with Crippen molar-refractivity contribution in [3.63, 3.8) is 0 Å². The van der Waals surface area contributed by atoms with Crippen LogP contribution in [0.2, 0.25) is 0 Å². The molecule has 0 radical (unpaired) electrons. The summed E-state index contributed by atoms with van der Waals surface area (Å²) in [5.74, 6) is 0. The third-order valence-electron chi connectivity index (χ3n) is 15.9. The maximum absolute atomic E-state index is 2.59. The van der Waals surface area contributed by atoms with Crippen LogP contribution in [-0.2, 0) is 10.8 Å². The van der Waals surface area contributed by atoms with Crippen molar-refractivity contribution >= 4 is 33.9 Å². The van der Waals surface area contributed by atoms with Crippen molar-refractivity contribution in [3.8, 4) is 55.6 Å². The largest absolute Gasteiger partial charge is 0.309 e. The van der Waals surface area contributed by atoms with E-state index in [-0.39, 0.29) is 10.8 Å². The Bertz CT molecular complexity index is 3860. The smallest absolute Gasteiger partial charge is 0.0546 e. The van der Waals surface area contributed by atoms with Crippen molar-refractivity contribution in [1.82, 2.24) is 0 Å². The Labute approximate surface area is 423 Å². The summed E-state index contributed by atoms with van der Waals surface area (Å²) >= 11 is 0. The summed E-state index contributed by atoms with van der Waals surface area (Å²) in [6, 6.07) is 96.9. The molecule has 13 rings (SSSR count). The predicted octanol–water partition coefficient (Wildman–Crippen LogP) is 19.0. The molecule has 342 valence electrons. The average molecular weight is 920 g/mol. The molecule has 0 bridgehead atoms. The van der Waals surface area contributed by atoms with Gasteiger partial charge in [-0.3, -0.25) is 0 Å². The molecule has 0 saturated heterocycles. The molecule has 0 saturated carbocycles. The summed E-state index contributed by atoms with van der Waals surface area (Å²) in [5, 5.41) is 2.45. The lowest BCUT2D eigenvalue weighted by atomic mass is 9.67. The molecular formula is C71H53N. The Morgan fingerprint density at radius 1 is 0.361 bits per heavy atom. The number of hydrogen-bond donors (Lipinski definition) is 0. The number of hydrogen-bond acceptors (Lipinski definition) is 1. The second kappa shape index (κ2) is 17.6. The van der Waals surface area contributed by atoms with Crippen LogP contribution in [0.25, 0.3) is 72.5 Å². The van der Waals surface area contributed by atoms with Crippen LogP contribution in [0, 0.1) is 0 Å². The molecule has 0 amide bonds. The van der Waals surface area contributed by atoms with Gasteiger partial charge in [-0.2, -0.15) is 0 Å². The lowest BCUT2D eigenvalue weighted by molar-refractivity contribution is 0.576. The van der Waals surface area contributed by atoms with Crippen LogP contribution < -0.4 is 4.90 Å². The van der Waals surface area contributed by atoms with E-state index in [1.165, 1.54) is 77.5 Å². The van der Waals surface area contributed by atoms with Crippen LogP contribution in [0.5, 0.6) is 0 Å². The molecule has 11 aromatic carbocycles. The van der Waals surface area contributed by atoms with Crippen molar-refractivity contribution in [2.45, 2.75) is 31.1 Å². The topological polar surface area (TPSA) is 3.24 Å². The molecule has 0 heterocycles. The Balaban J connectivity index is 1.12. The first-order chi connectivity index (χ1) is 35.5. The molecule has 11 aromatic rings. The molecule has 2 atom stereocenters. The van der Waals surface area contributed by atoms with Gasteiger partial charge in [0.15, 0.2) is 0 Å². The Morgan fingerprint density at radius 2 is 0.903 bits per heavy atom. The third-order valence-corrected chi connectivity index (χ3v) is 15.9. The van der Waals surface area contributed by atoms with E-state index in [4.69, 9.17) is 0 Å². The zero-order valence-electron chi connectivity index (χ0n) is 40.6. The van der Waals surface area contributed by atoms with Crippen molar-refractivity contribution in [3.05, 3.63) is 300 Å². The number of anilines is 3. The number of rotatable bonds is 9. The number of nitrogens with zero attached hydrogens (tertiary/aromatic N) is 1. The summed E-state index contributed by atoms with van der Waals surface area (Å²) < 4.78 is 0. The van der Waals surface area contributed by atoms with E-state index in [9.17, 15) is 0 Å². The molecule has 1 heteroatoms. The van der Waals surface area contributed by atoms with Crippen LogP contribution >= 0.6 is 0 Å². The molecule has 0 fully saturated rings. The standard InChI is InChI=1S/C71H53N/c1-70(53-30-8-4-9-31-53)47-23-29-51-28-21-40-61(69(51)70)59-36-16-19-44-66(59)72(67-48-52(45-46-57(67)50-24-6-3-7-25-50)56-38-20-27-49-26-12-13-34-55(49)56)65-43-18-15-35-58(65)60-39-22-42-64-68(60)62-37-14-17-41-63(62)71(64,2)54-32-10-5-11-33-54/h3-46,48H,47H2,1-2H3. The van der Waals surface area contributed by atoms with E-state index in [1.807, 2.05) is 0 Å². The van der Waals surface area contributed by atoms with Crippen LogP contribution in [0.3, 0.4) is 0 Å². The van der Waals surface area contributed by atoms with Gasteiger partial charge in [0.2, 0.25) is 0 Å². The molecule has 2 aliphatic carbocycles. The Kier molecular flexibility index (Phi) is 10.6. The number of benzene rings is 11. The SMILES string of the molecule is CC1(c2ccccc2)CC=Cc2cccc(-c3ccccc3N(c3cc(-c4cccc5ccccc45)ccc3-c3ccccc3)c3ccccc3-c3cccc4c3-c3ccccc3C4(C)c3ccccc3)c21. The molecule has 0 aliphatic heterocycles. The maximum atomic E-state index is 2.59. The van der Waals surface area contributed by atoms with Gasteiger partial charge < -0.3 is 4.90 Å². The third kappa shape index (κ3) is 6.91. The van der Waals surface area contributed by atoms with Crippen molar-refractivity contribution in [1.29, 1.82) is 0 Å².